The van der Waals surface area contributed by atoms with Gasteiger partial charge in [0, 0.05) is 54.9 Å². The summed E-state index contributed by atoms with van der Waals surface area (Å²) < 4.78 is 5.41. The average Bonchev–Trinajstić information content (AvgIpc) is 3.47. The Morgan fingerprint density at radius 2 is 1.97 bits per heavy atom. The highest BCUT2D eigenvalue weighted by atomic mass is 16.5. The highest BCUT2D eigenvalue weighted by Gasteiger charge is 2.55. The summed E-state index contributed by atoms with van der Waals surface area (Å²) in [7, 11) is 1.63. The highest BCUT2D eigenvalue weighted by molar-refractivity contribution is 5.89. The number of nitrogens with zero attached hydrogens (tertiary/aromatic N) is 2. The molecule has 1 aromatic heterocycles. The van der Waals surface area contributed by atoms with Gasteiger partial charge in [-0.15, -0.1) is 0 Å². The number of rotatable bonds is 5. The molecule has 2 fully saturated rings. The van der Waals surface area contributed by atoms with Crippen LogP contribution in [0.25, 0.3) is 10.9 Å². The van der Waals surface area contributed by atoms with Crippen LogP contribution in [0.15, 0.2) is 18.2 Å². The van der Waals surface area contributed by atoms with Crippen LogP contribution < -0.4 is 15.4 Å². The molecule has 4 amide bonds. The van der Waals surface area contributed by atoms with Gasteiger partial charge in [0.15, 0.2) is 0 Å². The van der Waals surface area contributed by atoms with Crippen molar-refractivity contribution in [1.82, 2.24) is 25.4 Å². The normalized spacial score (nSPS) is 21.4. The SMILES string of the molecule is CCCNC(=O)N1CC2(C1)CN(C(=O)NC1CCCC1)[C@H](CO)c1[nH]c3cc(OC)ccc3c12. The van der Waals surface area contributed by atoms with Gasteiger partial charge in [-0.25, -0.2) is 9.59 Å². The van der Waals surface area contributed by atoms with Gasteiger partial charge in [-0.2, -0.15) is 0 Å². The number of nitrogens with one attached hydrogen (secondary N) is 3. The molecule has 0 bridgehead atoms. The third-order valence-corrected chi connectivity index (χ3v) is 7.66. The van der Waals surface area contributed by atoms with Gasteiger partial charge in [-0.05, 0) is 37.0 Å². The van der Waals surface area contributed by atoms with Crippen molar-refractivity contribution in [2.45, 2.75) is 56.5 Å². The zero-order valence-electron chi connectivity index (χ0n) is 20.0. The van der Waals surface area contributed by atoms with Crippen molar-refractivity contribution in [1.29, 1.82) is 0 Å². The molecule has 1 saturated carbocycles. The monoisotopic (exact) mass is 469 g/mol. The lowest BCUT2D eigenvalue weighted by atomic mass is 9.69. The first kappa shape index (κ1) is 22.8. The molecule has 3 aliphatic rings. The van der Waals surface area contributed by atoms with Crippen LogP contribution in [0.2, 0.25) is 0 Å². The van der Waals surface area contributed by atoms with Crippen LogP contribution in [0.4, 0.5) is 9.59 Å². The Labute approximate surface area is 199 Å². The van der Waals surface area contributed by atoms with E-state index < -0.39 is 6.04 Å². The molecule has 1 spiro atoms. The van der Waals surface area contributed by atoms with Crippen LogP contribution in [-0.4, -0.2) is 77.9 Å². The molecular formula is C25H35N5O4. The predicted molar refractivity (Wildman–Crippen MR) is 129 cm³/mol. The molecule has 1 aliphatic carbocycles. The molecule has 0 radical (unpaired) electrons. The summed E-state index contributed by atoms with van der Waals surface area (Å²) in [6.45, 7) is 4.01. The number of aliphatic hydroxyl groups is 1. The van der Waals surface area contributed by atoms with E-state index in [1.807, 2.05) is 30.0 Å². The van der Waals surface area contributed by atoms with Gasteiger partial charge in [-0.1, -0.05) is 19.8 Å². The smallest absolute Gasteiger partial charge is 0.318 e. The Balaban J connectivity index is 1.51. The number of urea groups is 2. The van der Waals surface area contributed by atoms with Crippen LogP contribution in [0.1, 0.15) is 56.3 Å². The number of ether oxygens (including phenoxy) is 1. The zero-order valence-corrected chi connectivity index (χ0v) is 20.0. The summed E-state index contributed by atoms with van der Waals surface area (Å²) in [5.74, 6) is 0.741. The van der Waals surface area contributed by atoms with Gasteiger partial charge < -0.3 is 35.3 Å². The average molecular weight is 470 g/mol. The second-order valence-electron chi connectivity index (χ2n) is 9.95. The van der Waals surface area contributed by atoms with E-state index in [1.165, 1.54) is 0 Å². The van der Waals surface area contributed by atoms with Crippen molar-refractivity contribution in [3.05, 3.63) is 29.5 Å². The number of carbonyl (C=O) groups excluding carboxylic acids is 2. The number of likely N-dealkylation sites (tertiary alicyclic amines) is 1. The summed E-state index contributed by atoms with van der Waals surface area (Å²) in [6.07, 6.45) is 5.14. The number of methoxy groups -OCH3 is 1. The molecule has 34 heavy (non-hydrogen) atoms. The highest BCUT2D eigenvalue weighted by Crippen LogP contribution is 2.48. The zero-order chi connectivity index (χ0) is 23.9. The van der Waals surface area contributed by atoms with Crippen molar-refractivity contribution < 1.29 is 19.4 Å². The van der Waals surface area contributed by atoms with Gasteiger partial charge in [0.1, 0.15) is 5.75 Å². The Kier molecular flexibility index (Phi) is 6.06. The summed E-state index contributed by atoms with van der Waals surface area (Å²) in [5.41, 5.74) is 2.49. The Morgan fingerprint density at radius 3 is 2.65 bits per heavy atom. The Morgan fingerprint density at radius 1 is 1.21 bits per heavy atom. The minimum absolute atomic E-state index is 0.0678. The minimum Gasteiger partial charge on any atom is -0.497 e. The fourth-order valence-electron chi connectivity index (χ4n) is 5.98. The van der Waals surface area contributed by atoms with Crippen molar-refractivity contribution in [3.8, 4) is 5.75 Å². The first-order valence-electron chi connectivity index (χ1n) is 12.4. The van der Waals surface area contributed by atoms with Gasteiger partial charge in [0.25, 0.3) is 0 Å². The largest absolute Gasteiger partial charge is 0.497 e. The standard InChI is InChI=1S/C25H35N5O4/c1-3-10-26-23(32)29-13-25(14-29)15-30(24(33)27-16-6-4-5-7-16)20(12-31)22-21(25)18-9-8-17(34-2)11-19(18)28-22/h8-9,11,16,20,28,31H,3-7,10,12-15H2,1-2H3,(H,26,32)(H,27,33)/t20-/m1/s1. The molecule has 4 N–H and O–H groups in total. The number of aromatic nitrogens is 1. The first-order valence-corrected chi connectivity index (χ1v) is 12.4. The van der Waals surface area contributed by atoms with E-state index in [0.29, 0.717) is 26.2 Å². The van der Waals surface area contributed by atoms with Crippen molar-refractivity contribution in [3.63, 3.8) is 0 Å². The Hall–Kier alpha value is -2.94. The predicted octanol–water partition coefficient (Wildman–Crippen LogP) is 2.85. The summed E-state index contributed by atoms with van der Waals surface area (Å²) in [4.78, 5) is 33.1. The van der Waals surface area contributed by atoms with Crippen LogP contribution in [0.3, 0.4) is 0 Å². The van der Waals surface area contributed by atoms with E-state index in [4.69, 9.17) is 4.74 Å². The lowest BCUT2D eigenvalue weighted by Crippen LogP contribution is -2.69. The number of aliphatic hydroxyl groups excluding tert-OH is 1. The first-order chi connectivity index (χ1) is 16.5. The molecule has 5 rings (SSSR count). The fourth-order valence-corrected chi connectivity index (χ4v) is 5.98. The van der Waals surface area contributed by atoms with E-state index in [-0.39, 0.29) is 30.1 Å². The topological polar surface area (TPSA) is 110 Å². The van der Waals surface area contributed by atoms with Gasteiger partial charge in [0.05, 0.1) is 25.2 Å². The van der Waals surface area contributed by atoms with E-state index >= 15 is 0 Å². The van der Waals surface area contributed by atoms with Crippen molar-refractivity contribution in [2.24, 2.45) is 0 Å². The third-order valence-electron chi connectivity index (χ3n) is 7.66. The van der Waals surface area contributed by atoms with Gasteiger partial charge in [0.2, 0.25) is 0 Å². The third kappa shape index (κ3) is 3.76. The summed E-state index contributed by atoms with van der Waals surface area (Å²) in [5, 5.41) is 17.6. The molecule has 184 valence electrons. The number of H-pyrrole nitrogens is 1. The van der Waals surface area contributed by atoms with Crippen LogP contribution in [-0.2, 0) is 5.41 Å². The maximum atomic E-state index is 13.4. The van der Waals surface area contributed by atoms with Gasteiger partial charge >= 0.3 is 12.1 Å². The van der Waals surface area contributed by atoms with Crippen LogP contribution >= 0.6 is 0 Å². The molecule has 9 nitrogen and oxygen atoms in total. The molecule has 3 heterocycles. The number of fused-ring (bicyclic) bond motifs is 4. The number of aromatic amines is 1. The van der Waals surface area contributed by atoms with Crippen LogP contribution in [0, 0.1) is 0 Å². The minimum atomic E-state index is -0.469. The molecule has 2 aliphatic heterocycles. The summed E-state index contributed by atoms with van der Waals surface area (Å²) >= 11 is 0. The van der Waals surface area contributed by atoms with E-state index in [0.717, 1.165) is 60.0 Å². The Bertz CT molecular complexity index is 1070. The maximum Gasteiger partial charge on any atom is 0.318 e. The number of amides is 4. The molecule has 2 aromatic rings. The number of carbonyl (C=O) groups is 2. The number of benzene rings is 1. The molecular weight excluding hydrogens is 434 g/mol. The molecule has 9 heteroatoms. The lowest BCUT2D eigenvalue weighted by Gasteiger charge is -2.55. The molecule has 0 unspecified atom stereocenters. The second kappa shape index (κ2) is 9.02. The quantitative estimate of drug-likeness (QED) is 0.540. The van der Waals surface area contributed by atoms with Crippen molar-refractivity contribution in [2.75, 3.05) is 39.9 Å². The lowest BCUT2D eigenvalue weighted by molar-refractivity contribution is 0.0305. The van der Waals surface area contributed by atoms with Crippen LogP contribution in [0.5, 0.6) is 5.75 Å². The summed E-state index contributed by atoms with van der Waals surface area (Å²) in [6, 6.07) is 5.43. The fraction of sp³-hybridized carbons (Fsp3) is 0.600. The van der Waals surface area contributed by atoms with E-state index in [9.17, 15) is 14.7 Å². The number of hydrogen-bond acceptors (Lipinski definition) is 4. The van der Waals surface area contributed by atoms with Gasteiger partial charge in [-0.3, -0.25) is 0 Å². The molecule has 1 aromatic carbocycles. The molecule has 1 saturated heterocycles. The molecule has 1 atom stereocenters. The van der Waals surface area contributed by atoms with Crippen molar-refractivity contribution >= 4 is 23.0 Å². The maximum absolute atomic E-state index is 13.4. The van der Waals surface area contributed by atoms with E-state index in [2.05, 4.69) is 15.6 Å². The second-order valence-corrected chi connectivity index (χ2v) is 9.95. The van der Waals surface area contributed by atoms with E-state index in [1.54, 1.807) is 12.0 Å². The number of hydrogen-bond donors (Lipinski definition) is 4.